The topological polar surface area (TPSA) is 57.3 Å². The van der Waals surface area contributed by atoms with E-state index in [9.17, 15) is 0 Å². The van der Waals surface area contributed by atoms with Gasteiger partial charge in [0.05, 0.1) is 18.2 Å². The number of aryl methyl sites for hydroxylation is 1. The maximum atomic E-state index is 8.93. The number of aromatic nitrogens is 2. The fraction of sp³-hybridized carbons (Fsp3) is 0.474. The molecule has 1 aliphatic rings. The van der Waals surface area contributed by atoms with Gasteiger partial charge in [0.1, 0.15) is 18.2 Å². The molecule has 1 fully saturated rings. The smallest absolute Gasteiger partial charge is 0.122 e. The second kappa shape index (κ2) is 8.15. The minimum Gasteiger partial charge on any atom is -0.492 e. The summed E-state index contributed by atoms with van der Waals surface area (Å²) >= 11 is 0. The van der Waals surface area contributed by atoms with Gasteiger partial charge in [-0.2, -0.15) is 5.26 Å². The molecule has 6 nitrogen and oxygen atoms in total. The number of hydrogen-bond acceptors (Lipinski definition) is 5. The quantitative estimate of drug-likeness (QED) is 0.804. The summed E-state index contributed by atoms with van der Waals surface area (Å²) in [7, 11) is 2.04. The van der Waals surface area contributed by atoms with Crippen LogP contribution in [0.25, 0.3) is 0 Å². The zero-order chi connectivity index (χ0) is 17.6. The fourth-order valence-corrected chi connectivity index (χ4v) is 3.19. The van der Waals surface area contributed by atoms with Gasteiger partial charge in [-0.25, -0.2) is 4.98 Å². The zero-order valence-corrected chi connectivity index (χ0v) is 14.9. The van der Waals surface area contributed by atoms with Crippen LogP contribution >= 0.6 is 0 Å². The number of benzene rings is 1. The molecule has 0 spiro atoms. The summed E-state index contributed by atoms with van der Waals surface area (Å²) in [6, 6.07) is 9.95. The van der Waals surface area contributed by atoms with Gasteiger partial charge >= 0.3 is 0 Å². The molecule has 1 aliphatic heterocycles. The van der Waals surface area contributed by atoms with Crippen molar-refractivity contribution in [2.75, 3.05) is 32.8 Å². The number of ether oxygens (including phenoxy) is 1. The van der Waals surface area contributed by atoms with E-state index in [2.05, 4.69) is 32.3 Å². The van der Waals surface area contributed by atoms with E-state index in [-0.39, 0.29) is 0 Å². The SMILES string of the molecule is CC1CN(CCOc2cccc(C#N)c2)CCN1Cc1nccn1C. The number of hydrogen-bond donors (Lipinski definition) is 0. The minimum absolute atomic E-state index is 0.493. The number of nitriles is 1. The first-order valence-electron chi connectivity index (χ1n) is 8.71. The van der Waals surface area contributed by atoms with E-state index in [0.717, 1.165) is 44.3 Å². The molecule has 2 heterocycles. The van der Waals surface area contributed by atoms with Crippen LogP contribution in [0.15, 0.2) is 36.7 Å². The molecule has 3 rings (SSSR count). The van der Waals surface area contributed by atoms with Crippen LogP contribution in [-0.2, 0) is 13.6 Å². The highest BCUT2D eigenvalue weighted by Crippen LogP contribution is 2.14. The van der Waals surface area contributed by atoms with E-state index in [4.69, 9.17) is 10.00 Å². The summed E-state index contributed by atoms with van der Waals surface area (Å²) in [5.41, 5.74) is 0.633. The van der Waals surface area contributed by atoms with Crippen molar-refractivity contribution >= 4 is 0 Å². The molecule has 0 N–H and O–H groups in total. The Morgan fingerprint density at radius 1 is 1.36 bits per heavy atom. The third-order valence-corrected chi connectivity index (χ3v) is 4.75. The average Bonchev–Trinajstić information content (AvgIpc) is 3.02. The van der Waals surface area contributed by atoms with Crippen LogP contribution in [0.5, 0.6) is 5.75 Å². The molecule has 1 aromatic heterocycles. The first kappa shape index (κ1) is 17.5. The highest BCUT2D eigenvalue weighted by Gasteiger charge is 2.24. The maximum absolute atomic E-state index is 8.93. The van der Waals surface area contributed by atoms with Crippen molar-refractivity contribution in [3.8, 4) is 11.8 Å². The van der Waals surface area contributed by atoms with Crippen molar-refractivity contribution in [3.63, 3.8) is 0 Å². The molecule has 1 saturated heterocycles. The molecule has 0 bridgehead atoms. The molecule has 6 heteroatoms. The van der Waals surface area contributed by atoms with Gasteiger partial charge in [-0.1, -0.05) is 6.07 Å². The second-order valence-electron chi connectivity index (χ2n) is 6.56. The molecule has 132 valence electrons. The van der Waals surface area contributed by atoms with Crippen LogP contribution in [0.2, 0.25) is 0 Å². The average molecular weight is 339 g/mol. The van der Waals surface area contributed by atoms with Gasteiger partial charge in [-0.05, 0) is 25.1 Å². The largest absolute Gasteiger partial charge is 0.492 e. The standard InChI is InChI=1S/C19H25N5O/c1-16-14-23(8-9-24(16)15-19-21-6-7-22(19)2)10-11-25-18-5-3-4-17(12-18)13-20/h3-7,12,16H,8-11,14-15H2,1-2H3. The Kier molecular flexibility index (Phi) is 5.69. The van der Waals surface area contributed by atoms with Gasteiger partial charge in [-0.15, -0.1) is 0 Å². The molecule has 0 amide bonds. The Morgan fingerprint density at radius 3 is 2.96 bits per heavy atom. The van der Waals surface area contributed by atoms with Crippen LogP contribution in [0.3, 0.4) is 0 Å². The molecular formula is C19H25N5O. The normalized spacial score (nSPS) is 18.8. The molecule has 1 aromatic carbocycles. The molecule has 1 atom stereocenters. The lowest BCUT2D eigenvalue weighted by Gasteiger charge is -2.39. The van der Waals surface area contributed by atoms with Gasteiger partial charge in [0.25, 0.3) is 0 Å². The second-order valence-corrected chi connectivity index (χ2v) is 6.56. The highest BCUT2D eigenvalue weighted by molar-refractivity contribution is 5.36. The molecular weight excluding hydrogens is 314 g/mol. The van der Waals surface area contributed by atoms with E-state index in [1.807, 2.05) is 31.6 Å². The molecule has 25 heavy (non-hydrogen) atoms. The predicted octanol–water partition coefficient (Wildman–Crippen LogP) is 1.88. The first-order chi connectivity index (χ1) is 12.2. The molecule has 0 radical (unpaired) electrons. The summed E-state index contributed by atoms with van der Waals surface area (Å²) in [5.74, 6) is 1.88. The Balaban J connectivity index is 1.43. The Labute approximate surface area is 149 Å². The number of imidazole rings is 1. The van der Waals surface area contributed by atoms with Crippen LogP contribution in [-0.4, -0.2) is 58.2 Å². The molecule has 0 saturated carbocycles. The van der Waals surface area contributed by atoms with Gasteiger partial charge in [-0.3, -0.25) is 9.80 Å². The van der Waals surface area contributed by atoms with Crippen molar-refractivity contribution < 1.29 is 4.74 Å². The van der Waals surface area contributed by atoms with E-state index in [1.165, 1.54) is 0 Å². The molecule has 0 aliphatic carbocycles. The summed E-state index contributed by atoms with van der Waals surface area (Å²) in [6.07, 6.45) is 3.85. The van der Waals surface area contributed by atoms with Crippen molar-refractivity contribution in [1.29, 1.82) is 5.26 Å². The van der Waals surface area contributed by atoms with E-state index in [1.54, 1.807) is 12.1 Å². The van der Waals surface area contributed by atoms with Gasteiger partial charge in [0.2, 0.25) is 0 Å². The van der Waals surface area contributed by atoms with Crippen LogP contribution in [0.1, 0.15) is 18.3 Å². The van der Waals surface area contributed by atoms with Crippen molar-refractivity contribution in [3.05, 3.63) is 48.0 Å². The fourth-order valence-electron chi connectivity index (χ4n) is 3.19. The van der Waals surface area contributed by atoms with Crippen molar-refractivity contribution in [1.82, 2.24) is 19.4 Å². The predicted molar refractivity (Wildman–Crippen MR) is 96.2 cm³/mol. The maximum Gasteiger partial charge on any atom is 0.122 e. The third-order valence-electron chi connectivity index (χ3n) is 4.75. The van der Waals surface area contributed by atoms with Crippen molar-refractivity contribution in [2.24, 2.45) is 7.05 Å². The number of nitrogens with zero attached hydrogens (tertiary/aromatic N) is 5. The lowest BCUT2D eigenvalue weighted by atomic mass is 10.2. The van der Waals surface area contributed by atoms with E-state index in [0.29, 0.717) is 18.2 Å². The van der Waals surface area contributed by atoms with Crippen LogP contribution < -0.4 is 4.74 Å². The summed E-state index contributed by atoms with van der Waals surface area (Å²) in [5, 5.41) is 8.93. The Hall–Kier alpha value is -2.36. The van der Waals surface area contributed by atoms with Crippen LogP contribution in [0.4, 0.5) is 0 Å². The Bertz CT molecular complexity index is 735. The van der Waals surface area contributed by atoms with Gasteiger partial charge < -0.3 is 9.30 Å². The minimum atomic E-state index is 0.493. The number of rotatable bonds is 6. The first-order valence-corrected chi connectivity index (χ1v) is 8.71. The Morgan fingerprint density at radius 2 is 2.24 bits per heavy atom. The van der Waals surface area contributed by atoms with E-state index < -0.39 is 0 Å². The third kappa shape index (κ3) is 4.59. The van der Waals surface area contributed by atoms with E-state index >= 15 is 0 Å². The summed E-state index contributed by atoms with van der Waals surface area (Å²) in [6.45, 7) is 7.82. The van der Waals surface area contributed by atoms with Gasteiger partial charge in [0, 0.05) is 51.7 Å². The van der Waals surface area contributed by atoms with Crippen molar-refractivity contribution in [2.45, 2.75) is 19.5 Å². The zero-order valence-electron chi connectivity index (χ0n) is 14.9. The summed E-state index contributed by atoms with van der Waals surface area (Å²) in [4.78, 5) is 9.35. The number of piperazine rings is 1. The molecule has 1 unspecified atom stereocenters. The lowest BCUT2D eigenvalue weighted by Crippen LogP contribution is -2.52. The summed E-state index contributed by atoms with van der Waals surface area (Å²) < 4.78 is 7.88. The monoisotopic (exact) mass is 339 g/mol. The van der Waals surface area contributed by atoms with Crippen LogP contribution in [0, 0.1) is 11.3 Å². The molecule has 2 aromatic rings. The highest BCUT2D eigenvalue weighted by atomic mass is 16.5. The van der Waals surface area contributed by atoms with Gasteiger partial charge in [0.15, 0.2) is 0 Å². The lowest BCUT2D eigenvalue weighted by molar-refractivity contribution is 0.0666.